The average Bonchev–Trinajstić information content (AvgIpc) is 2.38. The zero-order valence-corrected chi connectivity index (χ0v) is 13.4. The largest absolute Gasteiger partial charge is 0.492 e. The molecule has 1 amide bonds. The van der Waals surface area contributed by atoms with Crippen molar-refractivity contribution in [3.05, 3.63) is 29.3 Å². The number of amides is 1. The normalized spacial score (nSPS) is 11.4. The summed E-state index contributed by atoms with van der Waals surface area (Å²) in [5, 5.41) is 0.676. The second-order valence-electron chi connectivity index (χ2n) is 4.63. The van der Waals surface area contributed by atoms with Crippen molar-refractivity contribution in [3.63, 3.8) is 0 Å². The Hall–Kier alpha value is -0.970. The van der Waals surface area contributed by atoms with Gasteiger partial charge in [-0.15, -0.1) is 12.4 Å². The van der Waals surface area contributed by atoms with E-state index < -0.39 is 0 Å². The van der Waals surface area contributed by atoms with E-state index in [1.54, 1.807) is 36.2 Å². The Balaban J connectivity index is 0.00000361. The molecule has 0 bridgehead atoms. The Morgan fingerprint density at radius 2 is 2.00 bits per heavy atom. The fourth-order valence-electron chi connectivity index (χ4n) is 1.50. The van der Waals surface area contributed by atoms with Crippen LogP contribution in [0, 0.1) is 0 Å². The van der Waals surface area contributed by atoms with Gasteiger partial charge in [0, 0.05) is 24.5 Å². The lowest BCUT2D eigenvalue weighted by atomic mass is 10.2. The van der Waals surface area contributed by atoms with E-state index in [-0.39, 0.29) is 24.4 Å². The van der Waals surface area contributed by atoms with Crippen molar-refractivity contribution in [2.45, 2.75) is 25.8 Å². The minimum Gasteiger partial charge on any atom is -0.492 e. The Bertz CT molecular complexity index is 397. The summed E-state index contributed by atoms with van der Waals surface area (Å²) in [6.07, 6.45) is 1.19. The van der Waals surface area contributed by atoms with Crippen molar-refractivity contribution in [3.8, 4) is 5.75 Å². The van der Waals surface area contributed by atoms with Crippen molar-refractivity contribution in [2.75, 3.05) is 20.2 Å². The maximum atomic E-state index is 11.7. The fourth-order valence-corrected chi connectivity index (χ4v) is 1.62. The van der Waals surface area contributed by atoms with Crippen LogP contribution in [0.25, 0.3) is 0 Å². The highest BCUT2D eigenvalue weighted by atomic mass is 35.5. The summed E-state index contributed by atoms with van der Waals surface area (Å²) in [6.45, 7) is 2.92. The monoisotopic (exact) mass is 320 g/mol. The molecular formula is C14H22Cl2N2O2. The molecular weight excluding hydrogens is 299 g/mol. The second kappa shape index (κ2) is 9.86. The van der Waals surface area contributed by atoms with E-state index in [1.165, 1.54) is 0 Å². The van der Waals surface area contributed by atoms with Crippen LogP contribution in [0.4, 0.5) is 0 Å². The molecule has 1 aromatic rings. The van der Waals surface area contributed by atoms with Gasteiger partial charge in [0.25, 0.3) is 0 Å². The van der Waals surface area contributed by atoms with Gasteiger partial charge in [-0.2, -0.15) is 0 Å². The van der Waals surface area contributed by atoms with Gasteiger partial charge in [-0.1, -0.05) is 11.6 Å². The number of ether oxygens (including phenoxy) is 1. The predicted molar refractivity (Wildman–Crippen MR) is 84.7 cm³/mol. The van der Waals surface area contributed by atoms with Crippen molar-refractivity contribution in [1.82, 2.24) is 4.90 Å². The van der Waals surface area contributed by atoms with Crippen LogP contribution < -0.4 is 10.5 Å². The Labute approximate surface area is 131 Å². The zero-order valence-electron chi connectivity index (χ0n) is 11.8. The van der Waals surface area contributed by atoms with Crippen molar-refractivity contribution in [2.24, 2.45) is 5.73 Å². The molecule has 6 heteroatoms. The van der Waals surface area contributed by atoms with Crippen molar-refractivity contribution in [1.29, 1.82) is 0 Å². The molecule has 4 nitrogen and oxygen atoms in total. The minimum atomic E-state index is 0. The molecule has 2 N–H and O–H groups in total. The Morgan fingerprint density at radius 1 is 1.40 bits per heavy atom. The van der Waals surface area contributed by atoms with Crippen LogP contribution in [-0.4, -0.2) is 37.0 Å². The molecule has 0 aromatic heterocycles. The van der Waals surface area contributed by atoms with E-state index >= 15 is 0 Å². The van der Waals surface area contributed by atoms with E-state index in [2.05, 4.69) is 0 Å². The summed E-state index contributed by atoms with van der Waals surface area (Å²) >= 11 is 5.78. The highest BCUT2D eigenvalue weighted by molar-refractivity contribution is 6.30. The van der Waals surface area contributed by atoms with Gasteiger partial charge in [0.05, 0.1) is 6.54 Å². The van der Waals surface area contributed by atoms with Gasteiger partial charge in [0.15, 0.2) is 0 Å². The first-order chi connectivity index (χ1) is 8.99. The van der Waals surface area contributed by atoms with E-state index in [1.807, 2.05) is 6.92 Å². The molecule has 0 radical (unpaired) electrons. The van der Waals surface area contributed by atoms with Gasteiger partial charge < -0.3 is 15.4 Å². The van der Waals surface area contributed by atoms with Gasteiger partial charge in [-0.05, 0) is 37.6 Å². The summed E-state index contributed by atoms with van der Waals surface area (Å²) in [4.78, 5) is 13.4. The van der Waals surface area contributed by atoms with Crippen LogP contribution in [0.5, 0.6) is 5.75 Å². The standard InChI is InChI=1S/C14H21ClN2O2.ClH/c1-11(16)3-8-14(18)17(2)9-10-19-13-6-4-12(15)5-7-13;/h4-7,11H,3,8-10,16H2,1-2H3;1H. The fraction of sp³-hybridized carbons (Fsp3) is 0.500. The zero-order chi connectivity index (χ0) is 14.3. The van der Waals surface area contributed by atoms with Gasteiger partial charge >= 0.3 is 0 Å². The number of rotatable bonds is 7. The first-order valence-electron chi connectivity index (χ1n) is 6.37. The van der Waals surface area contributed by atoms with E-state index in [9.17, 15) is 4.79 Å². The molecule has 0 aliphatic heterocycles. The highest BCUT2D eigenvalue weighted by Gasteiger charge is 2.09. The van der Waals surface area contributed by atoms with Gasteiger partial charge in [-0.3, -0.25) is 4.79 Å². The number of hydrogen-bond donors (Lipinski definition) is 1. The van der Waals surface area contributed by atoms with Gasteiger partial charge in [-0.25, -0.2) is 0 Å². The third kappa shape index (κ3) is 7.58. The smallest absolute Gasteiger partial charge is 0.222 e. The molecule has 0 aliphatic rings. The first-order valence-corrected chi connectivity index (χ1v) is 6.74. The van der Waals surface area contributed by atoms with E-state index in [4.69, 9.17) is 22.1 Å². The number of hydrogen-bond acceptors (Lipinski definition) is 3. The quantitative estimate of drug-likeness (QED) is 0.840. The second-order valence-corrected chi connectivity index (χ2v) is 5.07. The Kier molecular flexibility index (Phi) is 9.38. The molecule has 0 saturated carbocycles. The maximum absolute atomic E-state index is 11.7. The molecule has 1 rings (SSSR count). The molecule has 1 unspecified atom stereocenters. The number of nitrogens with zero attached hydrogens (tertiary/aromatic N) is 1. The van der Waals surface area contributed by atoms with Gasteiger partial charge in [0.1, 0.15) is 12.4 Å². The van der Waals surface area contributed by atoms with Crippen LogP contribution in [0.1, 0.15) is 19.8 Å². The molecule has 20 heavy (non-hydrogen) atoms. The summed E-state index contributed by atoms with van der Waals surface area (Å²) in [6, 6.07) is 7.21. The third-order valence-electron chi connectivity index (χ3n) is 2.75. The van der Waals surface area contributed by atoms with Crippen molar-refractivity contribution < 1.29 is 9.53 Å². The number of halogens is 2. The summed E-state index contributed by atoms with van der Waals surface area (Å²) < 4.78 is 5.53. The van der Waals surface area contributed by atoms with Crippen LogP contribution >= 0.6 is 24.0 Å². The highest BCUT2D eigenvalue weighted by Crippen LogP contribution is 2.15. The average molecular weight is 321 g/mol. The van der Waals surface area contributed by atoms with Crippen LogP contribution in [-0.2, 0) is 4.79 Å². The molecule has 0 fully saturated rings. The number of nitrogens with two attached hydrogens (primary N) is 1. The molecule has 1 aromatic carbocycles. The number of carbonyl (C=O) groups excluding carboxylic acids is 1. The first kappa shape index (κ1) is 19.0. The number of carbonyl (C=O) groups is 1. The maximum Gasteiger partial charge on any atom is 0.222 e. The molecule has 0 spiro atoms. The molecule has 1 atom stereocenters. The molecule has 0 heterocycles. The summed E-state index contributed by atoms with van der Waals surface area (Å²) in [5.74, 6) is 0.845. The summed E-state index contributed by atoms with van der Waals surface area (Å²) in [7, 11) is 1.77. The SMILES string of the molecule is CC(N)CCC(=O)N(C)CCOc1ccc(Cl)cc1.Cl. The lowest BCUT2D eigenvalue weighted by molar-refractivity contribution is -0.130. The van der Waals surface area contributed by atoms with Gasteiger partial charge in [0.2, 0.25) is 5.91 Å². The Morgan fingerprint density at radius 3 is 2.55 bits per heavy atom. The van der Waals surface area contributed by atoms with Crippen LogP contribution in [0.15, 0.2) is 24.3 Å². The molecule has 0 saturated heterocycles. The van der Waals surface area contributed by atoms with E-state index in [0.29, 0.717) is 31.0 Å². The molecule has 114 valence electrons. The lowest BCUT2D eigenvalue weighted by Crippen LogP contribution is -2.31. The van der Waals surface area contributed by atoms with Crippen LogP contribution in [0.3, 0.4) is 0 Å². The predicted octanol–water partition coefficient (Wildman–Crippen LogP) is 2.73. The van der Waals surface area contributed by atoms with E-state index in [0.717, 1.165) is 5.75 Å². The third-order valence-corrected chi connectivity index (χ3v) is 3.00. The minimum absolute atomic E-state index is 0. The van der Waals surface area contributed by atoms with Crippen LogP contribution in [0.2, 0.25) is 5.02 Å². The molecule has 0 aliphatic carbocycles. The number of likely N-dealkylation sites (N-methyl/N-ethyl adjacent to an activating group) is 1. The summed E-state index contributed by atoms with van der Waals surface area (Å²) in [5.41, 5.74) is 5.62. The number of benzene rings is 1. The van der Waals surface area contributed by atoms with Crippen molar-refractivity contribution >= 4 is 29.9 Å². The lowest BCUT2D eigenvalue weighted by Gasteiger charge is -2.18. The topological polar surface area (TPSA) is 55.6 Å².